The number of pyridine rings is 1. The van der Waals surface area contributed by atoms with Crippen molar-refractivity contribution >= 4 is 62.9 Å². The van der Waals surface area contributed by atoms with E-state index in [1.807, 2.05) is 6.07 Å². The van der Waals surface area contributed by atoms with Crippen molar-refractivity contribution < 1.29 is 0 Å². The lowest BCUT2D eigenvalue weighted by molar-refractivity contribution is 1.31. The van der Waals surface area contributed by atoms with Gasteiger partial charge in [0, 0.05) is 11.8 Å². The van der Waals surface area contributed by atoms with E-state index in [2.05, 4.69) is 19.0 Å². The van der Waals surface area contributed by atoms with Crippen LogP contribution < -0.4 is 11.1 Å². The summed E-state index contributed by atoms with van der Waals surface area (Å²) >= 11 is 12.4. The van der Waals surface area contributed by atoms with E-state index < -0.39 is 0 Å². The second-order valence-electron chi connectivity index (χ2n) is 3.96. The highest BCUT2D eigenvalue weighted by Gasteiger charge is 2.12. The largest absolute Gasteiger partial charge is 0.389 e. The summed E-state index contributed by atoms with van der Waals surface area (Å²) in [5, 5.41) is 3.74. The van der Waals surface area contributed by atoms with Crippen LogP contribution in [0.3, 0.4) is 0 Å². The fourth-order valence-electron chi connectivity index (χ4n) is 1.79. The zero-order valence-electron chi connectivity index (χ0n) is 10.0. The molecule has 0 spiro atoms. The standard InChI is InChI=1S/C12H8ClN5S2/c13-7-1-2-8-11(18-20-17-8)10(7)16-9-5-15-4-3-6(9)12(14)19/h1-5,16H,(H2,14,19). The Bertz CT molecular complexity index is 801. The monoisotopic (exact) mass is 321 g/mol. The van der Waals surface area contributed by atoms with Crippen LogP contribution in [-0.4, -0.2) is 18.7 Å². The van der Waals surface area contributed by atoms with Crippen molar-refractivity contribution in [1.82, 2.24) is 13.7 Å². The van der Waals surface area contributed by atoms with Crippen molar-refractivity contribution in [2.24, 2.45) is 5.73 Å². The highest BCUT2D eigenvalue weighted by Crippen LogP contribution is 2.33. The minimum Gasteiger partial charge on any atom is -0.389 e. The predicted molar refractivity (Wildman–Crippen MR) is 85.8 cm³/mol. The minimum atomic E-state index is 0.287. The van der Waals surface area contributed by atoms with E-state index in [9.17, 15) is 0 Å². The summed E-state index contributed by atoms with van der Waals surface area (Å²) in [6.45, 7) is 0. The van der Waals surface area contributed by atoms with E-state index in [4.69, 9.17) is 29.6 Å². The first kappa shape index (κ1) is 13.2. The third-order valence-corrected chi connectivity index (χ3v) is 3.80. The third kappa shape index (κ3) is 2.31. The van der Waals surface area contributed by atoms with E-state index in [1.54, 1.807) is 24.5 Å². The molecule has 0 aliphatic carbocycles. The SMILES string of the molecule is NC(=S)c1ccncc1Nc1c(Cl)ccc2nsnc12. The van der Waals surface area contributed by atoms with Gasteiger partial charge in [0.2, 0.25) is 0 Å². The molecule has 20 heavy (non-hydrogen) atoms. The number of hydrogen-bond donors (Lipinski definition) is 2. The van der Waals surface area contributed by atoms with Crippen LogP contribution in [0.1, 0.15) is 5.56 Å². The van der Waals surface area contributed by atoms with Crippen molar-refractivity contribution in [3.63, 3.8) is 0 Å². The molecule has 0 unspecified atom stereocenters. The summed E-state index contributed by atoms with van der Waals surface area (Å²) in [7, 11) is 0. The van der Waals surface area contributed by atoms with Crippen LogP contribution in [0.4, 0.5) is 11.4 Å². The molecule has 5 nitrogen and oxygen atoms in total. The molecule has 2 aromatic heterocycles. The maximum atomic E-state index is 6.23. The Morgan fingerprint density at radius 2 is 2.15 bits per heavy atom. The first-order valence-corrected chi connectivity index (χ1v) is 7.10. The van der Waals surface area contributed by atoms with E-state index >= 15 is 0 Å². The highest BCUT2D eigenvalue weighted by molar-refractivity contribution is 7.80. The number of anilines is 2. The first-order chi connectivity index (χ1) is 9.66. The normalized spacial score (nSPS) is 10.7. The molecule has 3 rings (SSSR count). The lowest BCUT2D eigenvalue weighted by atomic mass is 10.2. The van der Waals surface area contributed by atoms with Crippen LogP contribution in [-0.2, 0) is 0 Å². The molecule has 3 N–H and O–H groups in total. The Morgan fingerprint density at radius 3 is 2.95 bits per heavy atom. The van der Waals surface area contributed by atoms with E-state index in [0.29, 0.717) is 27.5 Å². The maximum Gasteiger partial charge on any atom is 0.129 e. The van der Waals surface area contributed by atoms with E-state index in [-0.39, 0.29) is 4.99 Å². The lowest BCUT2D eigenvalue weighted by Crippen LogP contribution is -2.12. The van der Waals surface area contributed by atoms with Gasteiger partial charge in [-0.15, -0.1) is 0 Å². The van der Waals surface area contributed by atoms with Crippen molar-refractivity contribution in [1.29, 1.82) is 0 Å². The summed E-state index contributed by atoms with van der Waals surface area (Å²) in [6, 6.07) is 5.34. The quantitative estimate of drug-likeness (QED) is 0.722. The molecule has 0 fully saturated rings. The van der Waals surface area contributed by atoms with Gasteiger partial charge in [-0.3, -0.25) is 4.98 Å². The Morgan fingerprint density at radius 1 is 1.30 bits per heavy atom. The molecule has 2 heterocycles. The Hall–Kier alpha value is -1.83. The third-order valence-electron chi connectivity index (χ3n) is 2.72. The average molecular weight is 322 g/mol. The number of rotatable bonds is 3. The van der Waals surface area contributed by atoms with Crippen LogP contribution in [0.5, 0.6) is 0 Å². The number of nitrogens with zero attached hydrogens (tertiary/aromatic N) is 3. The van der Waals surface area contributed by atoms with Crippen molar-refractivity contribution in [2.75, 3.05) is 5.32 Å². The Labute approximate surface area is 129 Å². The summed E-state index contributed by atoms with van der Waals surface area (Å²) in [6.07, 6.45) is 3.27. The molecule has 8 heteroatoms. The van der Waals surface area contributed by atoms with Gasteiger partial charge in [0.25, 0.3) is 0 Å². The Kier molecular flexibility index (Phi) is 3.47. The lowest BCUT2D eigenvalue weighted by Gasteiger charge is -2.12. The zero-order chi connectivity index (χ0) is 14.1. The van der Waals surface area contributed by atoms with Gasteiger partial charge in [-0.05, 0) is 18.2 Å². The molecule has 0 aliphatic rings. The van der Waals surface area contributed by atoms with Gasteiger partial charge in [0.05, 0.1) is 34.3 Å². The fraction of sp³-hybridized carbons (Fsp3) is 0. The number of nitrogens with one attached hydrogen (secondary N) is 1. The van der Waals surface area contributed by atoms with Crippen molar-refractivity contribution in [3.8, 4) is 0 Å². The number of thiocarbonyl (C=S) groups is 1. The van der Waals surface area contributed by atoms with E-state index in [1.165, 1.54) is 0 Å². The smallest absolute Gasteiger partial charge is 0.129 e. The first-order valence-electron chi connectivity index (χ1n) is 5.58. The molecular weight excluding hydrogens is 314 g/mol. The highest BCUT2D eigenvalue weighted by atomic mass is 35.5. The molecule has 100 valence electrons. The summed E-state index contributed by atoms with van der Waals surface area (Å²) in [5.41, 5.74) is 9.25. The van der Waals surface area contributed by atoms with Gasteiger partial charge in [-0.2, -0.15) is 8.75 Å². The number of hydrogen-bond acceptors (Lipinski definition) is 6. The fourth-order valence-corrected chi connectivity index (χ4v) is 2.71. The van der Waals surface area contributed by atoms with Crippen LogP contribution >= 0.6 is 35.5 Å². The number of halogens is 1. The maximum absolute atomic E-state index is 6.23. The Balaban J connectivity index is 2.12. The molecule has 0 radical (unpaired) electrons. The topological polar surface area (TPSA) is 76.7 Å². The molecule has 0 amide bonds. The molecule has 0 bridgehead atoms. The van der Waals surface area contributed by atoms with Gasteiger partial charge in [0.15, 0.2) is 0 Å². The molecule has 0 saturated heterocycles. The van der Waals surface area contributed by atoms with Gasteiger partial charge < -0.3 is 11.1 Å². The van der Waals surface area contributed by atoms with Gasteiger partial charge in [0.1, 0.15) is 16.0 Å². The number of aromatic nitrogens is 3. The van der Waals surface area contributed by atoms with Crippen LogP contribution in [0, 0.1) is 0 Å². The predicted octanol–water partition coefficient (Wildman–Crippen LogP) is 3.12. The van der Waals surface area contributed by atoms with Crippen molar-refractivity contribution in [3.05, 3.63) is 41.2 Å². The van der Waals surface area contributed by atoms with Gasteiger partial charge >= 0.3 is 0 Å². The summed E-state index contributed by atoms with van der Waals surface area (Å²) in [4.78, 5) is 4.35. The molecule has 3 aromatic rings. The molecule has 0 atom stereocenters. The average Bonchev–Trinajstić information content (AvgIpc) is 2.91. The van der Waals surface area contributed by atoms with E-state index in [0.717, 1.165) is 17.2 Å². The minimum absolute atomic E-state index is 0.287. The summed E-state index contributed by atoms with van der Waals surface area (Å²) in [5.74, 6) is 0. The van der Waals surface area contributed by atoms with Crippen LogP contribution in [0.25, 0.3) is 11.0 Å². The number of nitrogens with two attached hydrogens (primary N) is 1. The van der Waals surface area contributed by atoms with Gasteiger partial charge in [-0.25, -0.2) is 0 Å². The number of fused-ring (bicyclic) bond motifs is 1. The number of benzene rings is 1. The molecule has 0 aliphatic heterocycles. The van der Waals surface area contributed by atoms with Crippen LogP contribution in [0.2, 0.25) is 5.02 Å². The van der Waals surface area contributed by atoms with Crippen molar-refractivity contribution in [2.45, 2.75) is 0 Å². The second kappa shape index (κ2) is 5.28. The van der Waals surface area contributed by atoms with Gasteiger partial charge in [-0.1, -0.05) is 23.8 Å². The molecule has 0 saturated carbocycles. The zero-order valence-corrected chi connectivity index (χ0v) is 12.4. The second-order valence-corrected chi connectivity index (χ2v) is 5.34. The molecular formula is C12H8ClN5S2. The van der Waals surface area contributed by atoms with Crippen LogP contribution in [0.15, 0.2) is 30.6 Å². The molecule has 1 aromatic carbocycles. The summed E-state index contributed by atoms with van der Waals surface area (Å²) < 4.78 is 8.43.